The summed E-state index contributed by atoms with van der Waals surface area (Å²) in [7, 11) is 0. The molecule has 3 aliphatic rings. The lowest BCUT2D eigenvalue weighted by molar-refractivity contribution is -0.199. The molecule has 0 aromatic heterocycles. The van der Waals surface area contributed by atoms with E-state index in [9.17, 15) is 0 Å². The second-order valence-corrected chi connectivity index (χ2v) is 11.7. The zero-order valence-corrected chi connectivity index (χ0v) is 21.9. The van der Waals surface area contributed by atoms with Gasteiger partial charge in [0.1, 0.15) is 0 Å². The molecule has 0 amide bonds. The van der Waals surface area contributed by atoms with Crippen molar-refractivity contribution in [2.75, 3.05) is 19.8 Å². The summed E-state index contributed by atoms with van der Waals surface area (Å²) in [6.07, 6.45) is 24.5. The van der Waals surface area contributed by atoms with Gasteiger partial charge in [-0.2, -0.15) is 0 Å². The van der Waals surface area contributed by atoms with Crippen LogP contribution in [0.2, 0.25) is 0 Å². The summed E-state index contributed by atoms with van der Waals surface area (Å²) >= 11 is 0. The van der Waals surface area contributed by atoms with Crippen LogP contribution < -0.4 is 0 Å². The zero-order valence-electron chi connectivity index (χ0n) is 21.9. The second-order valence-electron chi connectivity index (χ2n) is 11.7. The Labute approximate surface area is 199 Å². The molecule has 4 unspecified atom stereocenters. The Kier molecular flexibility index (Phi) is 10.6. The molecule has 2 saturated heterocycles. The Balaban J connectivity index is 1.69. The zero-order chi connectivity index (χ0) is 22.9. The number of fused-ring (bicyclic) bond motifs is 3. The highest BCUT2D eigenvalue weighted by Crippen LogP contribution is 2.47. The molecule has 0 spiro atoms. The summed E-state index contributed by atoms with van der Waals surface area (Å²) in [5, 5.41) is 0. The Morgan fingerprint density at radius 3 is 2.28 bits per heavy atom. The van der Waals surface area contributed by atoms with Gasteiger partial charge in [0.05, 0.1) is 18.3 Å². The first-order valence-corrected chi connectivity index (χ1v) is 14.1. The van der Waals surface area contributed by atoms with Gasteiger partial charge in [0.2, 0.25) is 0 Å². The van der Waals surface area contributed by atoms with Gasteiger partial charge >= 0.3 is 0 Å². The highest BCUT2D eigenvalue weighted by Gasteiger charge is 2.50. The van der Waals surface area contributed by atoms with Crippen LogP contribution in [0.3, 0.4) is 0 Å². The molecule has 3 heterocycles. The third-order valence-electron chi connectivity index (χ3n) is 9.22. The van der Waals surface area contributed by atoms with E-state index in [1.165, 1.54) is 103 Å². The predicted octanol–water partition coefficient (Wildman–Crippen LogP) is 7.68. The van der Waals surface area contributed by atoms with E-state index < -0.39 is 0 Å². The Hall–Kier alpha value is -0.380. The third-order valence-corrected chi connectivity index (χ3v) is 9.22. The molecule has 3 rings (SSSR count). The van der Waals surface area contributed by atoms with E-state index in [0.29, 0.717) is 18.2 Å². The smallest absolute Gasteiger partial charge is 0.0723 e. The number of hydrogen-bond acceptors (Lipinski definition) is 3. The number of ether oxygens (including phenoxy) is 2. The first-order valence-electron chi connectivity index (χ1n) is 14.1. The molecule has 3 aliphatic heterocycles. The lowest BCUT2D eigenvalue weighted by atomic mass is 9.66. The molecule has 3 heteroatoms. The minimum atomic E-state index is -0.0448. The number of allylic oxidation sites excluding steroid dienone is 2. The number of piperidine rings is 1. The lowest BCUT2D eigenvalue weighted by Crippen LogP contribution is -2.61. The van der Waals surface area contributed by atoms with Crippen molar-refractivity contribution in [2.24, 2.45) is 5.41 Å². The van der Waals surface area contributed by atoms with Crippen LogP contribution in [0.25, 0.3) is 0 Å². The Morgan fingerprint density at radius 1 is 0.781 bits per heavy atom. The number of hydrogen-bond donors (Lipinski definition) is 0. The first kappa shape index (κ1) is 26.2. The molecule has 0 aromatic rings. The summed E-state index contributed by atoms with van der Waals surface area (Å²) in [5.41, 5.74) is 0.0690. The van der Waals surface area contributed by atoms with Gasteiger partial charge < -0.3 is 9.47 Å². The van der Waals surface area contributed by atoms with Gasteiger partial charge in [-0.15, -0.1) is 0 Å². The van der Waals surface area contributed by atoms with Gasteiger partial charge in [-0.25, -0.2) is 0 Å². The maximum Gasteiger partial charge on any atom is 0.0723 e. The van der Waals surface area contributed by atoms with Crippen LogP contribution in [0.15, 0.2) is 12.2 Å². The molecule has 0 N–H and O–H groups in total. The van der Waals surface area contributed by atoms with E-state index in [1.54, 1.807) is 0 Å². The normalized spacial score (nSPS) is 37.2. The van der Waals surface area contributed by atoms with Gasteiger partial charge in [0, 0.05) is 24.1 Å². The molecule has 3 nitrogen and oxygen atoms in total. The summed E-state index contributed by atoms with van der Waals surface area (Å²) in [6.45, 7) is 12.9. The van der Waals surface area contributed by atoms with Gasteiger partial charge in [0.15, 0.2) is 0 Å². The van der Waals surface area contributed by atoms with E-state index in [2.05, 4.69) is 44.7 Å². The van der Waals surface area contributed by atoms with Crippen LogP contribution in [0.4, 0.5) is 0 Å². The second kappa shape index (κ2) is 12.9. The van der Waals surface area contributed by atoms with Crippen molar-refractivity contribution in [1.29, 1.82) is 0 Å². The van der Waals surface area contributed by atoms with Gasteiger partial charge in [-0.05, 0) is 91.0 Å². The van der Waals surface area contributed by atoms with E-state index in [0.717, 1.165) is 13.2 Å². The average Bonchev–Trinajstić information content (AvgIpc) is 2.78. The van der Waals surface area contributed by atoms with Gasteiger partial charge in [-0.1, -0.05) is 51.7 Å². The van der Waals surface area contributed by atoms with Crippen molar-refractivity contribution in [3.05, 3.63) is 12.2 Å². The molecule has 2 bridgehead atoms. The number of nitrogens with zero attached hydrogens (tertiary/aromatic N) is 1. The fourth-order valence-corrected chi connectivity index (χ4v) is 6.31. The Morgan fingerprint density at radius 2 is 1.47 bits per heavy atom. The summed E-state index contributed by atoms with van der Waals surface area (Å²) in [4.78, 5) is 2.79. The molecule has 0 aliphatic carbocycles. The summed E-state index contributed by atoms with van der Waals surface area (Å²) in [6, 6.07) is 1.07. The topological polar surface area (TPSA) is 21.7 Å². The van der Waals surface area contributed by atoms with Crippen molar-refractivity contribution < 1.29 is 9.47 Å². The third kappa shape index (κ3) is 7.06. The largest absolute Gasteiger partial charge is 0.380 e. The quantitative estimate of drug-likeness (QED) is 0.355. The van der Waals surface area contributed by atoms with E-state index in [-0.39, 0.29) is 11.0 Å². The van der Waals surface area contributed by atoms with Crippen molar-refractivity contribution >= 4 is 0 Å². The van der Waals surface area contributed by atoms with Crippen LogP contribution >= 0.6 is 0 Å². The molecule has 186 valence electrons. The molecule has 32 heavy (non-hydrogen) atoms. The van der Waals surface area contributed by atoms with Crippen LogP contribution in [0.5, 0.6) is 0 Å². The molecule has 4 atom stereocenters. The van der Waals surface area contributed by atoms with Crippen molar-refractivity contribution in [2.45, 2.75) is 148 Å². The minimum Gasteiger partial charge on any atom is -0.380 e. The van der Waals surface area contributed by atoms with Crippen LogP contribution in [-0.2, 0) is 9.47 Å². The van der Waals surface area contributed by atoms with Crippen molar-refractivity contribution in [3.63, 3.8) is 0 Å². The van der Waals surface area contributed by atoms with Gasteiger partial charge in [-0.3, -0.25) is 4.90 Å². The SMILES string of the molecule is CC1N2CCCCC2COCCCCCCC=CCCCCC2CCCC(C)(O2)C1(C)C. The fraction of sp³-hybridized carbons (Fsp3) is 0.931. The molecule has 2 fully saturated rings. The molecular formula is C29H53NO2. The number of rotatable bonds is 0. The van der Waals surface area contributed by atoms with Crippen LogP contribution in [-0.4, -0.2) is 48.4 Å². The molecular weight excluding hydrogens is 394 g/mol. The summed E-state index contributed by atoms with van der Waals surface area (Å²) < 4.78 is 13.2. The van der Waals surface area contributed by atoms with E-state index in [1.807, 2.05) is 0 Å². The fourth-order valence-electron chi connectivity index (χ4n) is 6.31. The van der Waals surface area contributed by atoms with E-state index in [4.69, 9.17) is 9.47 Å². The predicted molar refractivity (Wildman–Crippen MR) is 136 cm³/mol. The van der Waals surface area contributed by atoms with Crippen molar-refractivity contribution in [3.8, 4) is 0 Å². The molecule has 0 radical (unpaired) electrons. The van der Waals surface area contributed by atoms with Gasteiger partial charge in [0.25, 0.3) is 0 Å². The lowest BCUT2D eigenvalue weighted by Gasteiger charge is -2.55. The molecule has 0 saturated carbocycles. The average molecular weight is 448 g/mol. The molecule has 0 aromatic carbocycles. The van der Waals surface area contributed by atoms with Crippen LogP contribution in [0.1, 0.15) is 124 Å². The van der Waals surface area contributed by atoms with Crippen molar-refractivity contribution in [1.82, 2.24) is 4.90 Å². The Bertz CT molecular complexity index is 559. The highest BCUT2D eigenvalue weighted by atomic mass is 16.5. The maximum absolute atomic E-state index is 6.96. The standard InChI is InChI=1S/C29H53NO2/c1-25-28(2,3)29(4)21-17-20-27(32-29)19-13-11-9-7-5-6-8-10-12-16-23-31-24-26-18-14-15-22-30(25)26/h5,7,25-27H,6,8-24H2,1-4H3. The first-order chi connectivity index (χ1) is 15.4. The summed E-state index contributed by atoms with van der Waals surface area (Å²) in [5.74, 6) is 0. The highest BCUT2D eigenvalue weighted by molar-refractivity contribution is 5.02. The maximum atomic E-state index is 6.96. The monoisotopic (exact) mass is 447 g/mol. The van der Waals surface area contributed by atoms with E-state index >= 15 is 0 Å². The van der Waals surface area contributed by atoms with Crippen LogP contribution in [0, 0.1) is 5.41 Å². The minimum absolute atomic E-state index is 0.0448.